The van der Waals surface area contributed by atoms with E-state index in [1.54, 1.807) is 0 Å². The Bertz CT molecular complexity index is 294. The van der Waals surface area contributed by atoms with Gasteiger partial charge in [-0.25, -0.2) is 0 Å². The second-order valence-corrected chi connectivity index (χ2v) is 7.94. The molecule has 1 saturated heterocycles. The Morgan fingerprint density at radius 2 is 1.81 bits per heavy atom. The minimum atomic E-state index is 0.462. The van der Waals surface area contributed by atoms with Crippen LogP contribution in [0.5, 0.6) is 0 Å². The monoisotopic (exact) mass is 294 g/mol. The quantitative estimate of drug-likeness (QED) is 0.739. The zero-order chi connectivity index (χ0) is 15.3. The van der Waals surface area contributed by atoms with Gasteiger partial charge in [-0.15, -0.1) is 0 Å². The van der Waals surface area contributed by atoms with Crippen molar-refractivity contribution in [3.8, 4) is 0 Å². The molecule has 0 bridgehead atoms. The lowest BCUT2D eigenvalue weighted by Gasteiger charge is -2.51. The van der Waals surface area contributed by atoms with E-state index in [2.05, 4.69) is 37.9 Å². The van der Waals surface area contributed by atoms with E-state index in [1.807, 2.05) is 0 Å². The fourth-order valence-electron chi connectivity index (χ4n) is 4.62. The van der Waals surface area contributed by atoms with Crippen molar-refractivity contribution in [1.82, 2.24) is 10.2 Å². The van der Waals surface area contributed by atoms with E-state index in [0.29, 0.717) is 5.54 Å². The van der Waals surface area contributed by atoms with Gasteiger partial charge in [0.1, 0.15) is 0 Å². The SMILES string of the molecule is CCCCC(CCC)N1CC2(CCCC2)NCC1C(C)C. The van der Waals surface area contributed by atoms with Crippen LogP contribution in [0.15, 0.2) is 0 Å². The molecule has 2 atom stereocenters. The third-order valence-corrected chi connectivity index (χ3v) is 5.91. The Balaban J connectivity index is 2.10. The Hall–Kier alpha value is -0.0800. The Morgan fingerprint density at radius 1 is 1.10 bits per heavy atom. The molecule has 1 spiro atoms. The smallest absolute Gasteiger partial charge is 0.0309 e. The molecule has 2 heteroatoms. The van der Waals surface area contributed by atoms with Crippen LogP contribution in [0.2, 0.25) is 0 Å². The van der Waals surface area contributed by atoms with Crippen LogP contribution in [-0.4, -0.2) is 35.6 Å². The van der Waals surface area contributed by atoms with Gasteiger partial charge < -0.3 is 5.32 Å². The van der Waals surface area contributed by atoms with Crippen molar-refractivity contribution >= 4 is 0 Å². The number of hydrogen-bond donors (Lipinski definition) is 1. The molecule has 2 rings (SSSR count). The van der Waals surface area contributed by atoms with Crippen LogP contribution in [0, 0.1) is 5.92 Å². The summed E-state index contributed by atoms with van der Waals surface area (Å²) in [6.07, 6.45) is 12.5. The lowest BCUT2D eigenvalue weighted by atomic mass is 9.86. The van der Waals surface area contributed by atoms with Gasteiger partial charge in [-0.05, 0) is 31.6 Å². The highest BCUT2D eigenvalue weighted by Gasteiger charge is 2.43. The number of piperazine rings is 1. The summed E-state index contributed by atoms with van der Waals surface area (Å²) in [5.74, 6) is 0.761. The summed E-state index contributed by atoms with van der Waals surface area (Å²) in [4.78, 5) is 2.94. The summed E-state index contributed by atoms with van der Waals surface area (Å²) in [7, 11) is 0. The van der Waals surface area contributed by atoms with E-state index < -0.39 is 0 Å². The minimum Gasteiger partial charge on any atom is -0.308 e. The molecule has 1 aliphatic heterocycles. The first-order valence-corrected chi connectivity index (χ1v) is 9.62. The first-order chi connectivity index (χ1) is 10.1. The summed E-state index contributed by atoms with van der Waals surface area (Å²) in [6.45, 7) is 12.0. The number of hydrogen-bond acceptors (Lipinski definition) is 2. The molecule has 0 aromatic heterocycles. The van der Waals surface area contributed by atoms with Crippen LogP contribution >= 0.6 is 0 Å². The molecule has 0 aromatic rings. The predicted octanol–water partition coefficient (Wildman–Crippen LogP) is 4.59. The molecule has 21 heavy (non-hydrogen) atoms. The van der Waals surface area contributed by atoms with Crippen molar-refractivity contribution in [3.05, 3.63) is 0 Å². The topological polar surface area (TPSA) is 15.3 Å². The Kier molecular flexibility index (Phi) is 6.55. The highest BCUT2D eigenvalue weighted by Crippen LogP contribution is 2.36. The van der Waals surface area contributed by atoms with Crippen molar-refractivity contribution in [3.63, 3.8) is 0 Å². The molecule has 124 valence electrons. The standard InChI is InChI=1S/C19H38N2/c1-5-7-11-17(10-6-2)21-15-19(12-8-9-13-19)20-14-18(21)16(3)4/h16-18,20H,5-15H2,1-4H3. The maximum absolute atomic E-state index is 3.97. The van der Waals surface area contributed by atoms with E-state index in [1.165, 1.54) is 70.9 Å². The van der Waals surface area contributed by atoms with Crippen LogP contribution in [0.3, 0.4) is 0 Å². The van der Waals surface area contributed by atoms with Crippen molar-refractivity contribution in [1.29, 1.82) is 0 Å². The number of unbranched alkanes of at least 4 members (excludes halogenated alkanes) is 1. The van der Waals surface area contributed by atoms with Crippen molar-refractivity contribution < 1.29 is 0 Å². The van der Waals surface area contributed by atoms with Gasteiger partial charge in [0.25, 0.3) is 0 Å². The van der Waals surface area contributed by atoms with Gasteiger partial charge in [0, 0.05) is 30.7 Å². The summed E-state index contributed by atoms with van der Waals surface area (Å²) in [6, 6.07) is 1.56. The van der Waals surface area contributed by atoms with E-state index in [9.17, 15) is 0 Å². The van der Waals surface area contributed by atoms with Gasteiger partial charge in [0.05, 0.1) is 0 Å². The largest absolute Gasteiger partial charge is 0.308 e. The normalized spacial score (nSPS) is 27.6. The molecule has 1 heterocycles. The fraction of sp³-hybridized carbons (Fsp3) is 1.00. The molecule has 2 unspecified atom stereocenters. The van der Waals surface area contributed by atoms with Crippen molar-refractivity contribution in [2.75, 3.05) is 13.1 Å². The minimum absolute atomic E-state index is 0.462. The van der Waals surface area contributed by atoms with E-state index >= 15 is 0 Å². The summed E-state index contributed by atoms with van der Waals surface area (Å²) < 4.78 is 0. The summed E-state index contributed by atoms with van der Waals surface area (Å²) in [5.41, 5.74) is 0.462. The highest BCUT2D eigenvalue weighted by atomic mass is 15.3. The maximum Gasteiger partial charge on any atom is 0.0309 e. The number of nitrogens with one attached hydrogen (secondary N) is 1. The maximum atomic E-state index is 3.97. The average Bonchev–Trinajstić information content (AvgIpc) is 2.91. The molecule has 0 amide bonds. The fourth-order valence-corrected chi connectivity index (χ4v) is 4.62. The first kappa shape index (κ1) is 17.3. The van der Waals surface area contributed by atoms with Crippen LogP contribution in [0.4, 0.5) is 0 Å². The number of nitrogens with zero attached hydrogens (tertiary/aromatic N) is 1. The molecule has 1 saturated carbocycles. The molecule has 2 fully saturated rings. The van der Waals surface area contributed by atoms with Crippen LogP contribution in [0.25, 0.3) is 0 Å². The molecule has 2 nitrogen and oxygen atoms in total. The molecule has 0 radical (unpaired) electrons. The second kappa shape index (κ2) is 7.97. The summed E-state index contributed by atoms with van der Waals surface area (Å²) >= 11 is 0. The van der Waals surface area contributed by atoms with Crippen LogP contribution in [-0.2, 0) is 0 Å². The lowest BCUT2D eigenvalue weighted by molar-refractivity contribution is 0.0149. The zero-order valence-electron chi connectivity index (χ0n) is 15.0. The molecule has 2 aliphatic rings. The van der Waals surface area contributed by atoms with Crippen LogP contribution < -0.4 is 5.32 Å². The van der Waals surface area contributed by atoms with Gasteiger partial charge in [-0.2, -0.15) is 0 Å². The first-order valence-electron chi connectivity index (χ1n) is 9.62. The highest BCUT2D eigenvalue weighted by molar-refractivity contribution is 5.02. The van der Waals surface area contributed by atoms with Gasteiger partial charge >= 0.3 is 0 Å². The molecular formula is C19H38N2. The molecule has 1 aliphatic carbocycles. The van der Waals surface area contributed by atoms with Gasteiger partial charge in [-0.3, -0.25) is 4.90 Å². The van der Waals surface area contributed by atoms with E-state index in [-0.39, 0.29) is 0 Å². The predicted molar refractivity (Wildman–Crippen MR) is 92.8 cm³/mol. The summed E-state index contributed by atoms with van der Waals surface area (Å²) in [5, 5.41) is 3.97. The van der Waals surface area contributed by atoms with Crippen molar-refractivity contribution in [2.24, 2.45) is 5.92 Å². The molecule has 0 aromatic carbocycles. The van der Waals surface area contributed by atoms with Crippen LogP contribution in [0.1, 0.15) is 85.5 Å². The van der Waals surface area contributed by atoms with E-state index in [0.717, 1.165) is 18.0 Å². The third kappa shape index (κ3) is 4.22. The lowest BCUT2D eigenvalue weighted by Crippen LogP contribution is -2.66. The Labute approximate surface area is 133 Å². The molecule has 1 N–H and O–H groups in total. The average molecular weight is 295 g/mol. The van der Waals surface area contributed by atoms with Crippen molar-refractivity contribution in [2.45, 2.75) is 103 Å². The van der Waals surface area contributed by atoms with Gasteiger partial charge in [0.15, 0.2) is 0 Å². The van der Waals surface area contributed by atoms with E-state index in [4.69, 9.17) is 0 Å². The second-order valence-electron chi connectivity index (χ2n) is 7.94. The Morgan fingerprint density at radius 3 is 2.38 bits per heavy atom. The molecular weight excluding hydrogens is 256 g/mol. The third-order valence-electron chi connectivity index (χ3n) is 5.91. The van der Waals surface area contributed by atoms with Gasteiger partial charge in [-0.1, -0.05) is 59.8 Å². The number of rotatable bonds is 7. The van der Waals surface area contributed by atoms with Gasteiger partial charge in [0.2, 0.25) is 0 Å². The zero-order valence-corrected chi connectivity index (χ0v) is 15.0.